The van der Waals surface area contributed by atoms with Crippen molar-refractivity contribution in [3.05, 3.63) is 0 Å². The van der Waals surface area contributed by atoms with Crippen molar-refractivity contribution in [1.29, 1.82) is 0 Å². The highest BCUT2D eigenvalue weighted by molar-refractivity contribution is 5.54. The normalized spacial score (nSPS) is 28.8. The van der Waals surface area contributed by atoms with Crippen LogP contribution in [0.15, 0.2) is 0 Å². The van der Waals surface area contributed by atoms with Gasteiger partial charge in [-0.1, -0.05) is 129 Å². The number of nitrogens with zero attached hydrogens (tertiary/aromatic N) is 2. The summed E-state index contributed by atoms with van der Waals surface area (Å²) in [5, 5.41) is 76.2. The van der Waals surface area contributed by atoms with Crippen LogP contribution in [0.5, 0.6) is 0 Å². The van der Waals surface area contributed by atoms with Gasteiger partial charge in [0.2, 0.25) is 0 Å². The first-order valence-corrected chi connectivity index (χ1v) is 19.6. The molecule has 0 aliphatic carbocycles. The lowest BCUT2D eigenvalue weighted by molar-refractivity contribution is -0.291. The number of hydrogen-bond donors (Lipinski definition) is 6. The molecule has 284 valence electrons. The van der Waals surface area contributed by atoms with Crippen molar-refractivity contribution in [1.82, 2.24) is 9.80 Å². The van der Waals surface area contributed by atoms with Gasteiger partial charge in [-0.05, 0) is 32.4 Å². The van der Waals surface area contributed by atoms with E-state index in [0.29, 0.717) is 13.1 Å². The summed E-state index contributed by atoms with van der Waals surface area (Å²) in [5.41, 5.74) is 0. The fraction of sp³-hybridized carbons (Fsp3) is 0.973. The van der Waals surface area contributed by atoms with Crippen molar-refractivity contribution in [3.63, 3.8) is 0 Å². The van der Waals surface area contributed by atoms with Gasteiger partial charge < -0.3 is 45.3 Å². The van der Waals surface area contributed by atoms with E-state index >= 15 is 0 Å². The first-order chi connectivity index (χ1) is 23.2. The summed E-state index contributed by atoms with van der Waals surface area (Å²) in [4.78, 5) is 15.4. The molecule has 0 saturated carbocycles. The number of aliphatic hydroxyl groups is 6. The van der Waals surface area contributed by atoms with Crippen molar-refractivity contribution in [2.75, 3.05) is 26.3 Å². The van der Waals surface area contributed by atoms with Gasteiger partial charge in [-0.3, -0.25) is 9.80 Å². The molecule has 2 aliphatic heterocycles. The Labute approximate surface area is 290 Å². The lowest BCUT2D eigenvalue weighted by atomic mass is 9.94. The number of carbonyl (C=O) groups is 1. The van der Waals surface area contributed by atoms with Gasteiger partial charge in [0, 0.05) is 6.04 Å². The molecular weight excluding hydrogens is 616 g/mol. The molecule has 48 heavy (non-hydrogen) atoms. The van der Waals surface area contributed by atoms with Crippen LogP contribution in [0.2, 0.25) is 0 Å². The van der Waals surface area contributed by atoms with Gasteiger partial charge in [-0.2, -0.15) is 0 Å². The standard InChI is InChI=1S/C37H72N2O9/c1-3-5-7-9-11-13-15-17-19-21-23-38-28(33(42)34(43)29(38)26-40)25-31(48-37(46)47)32-36(45)35(44)30(27-41)39(32)24-22-20-18-16-14-12-10-8-6-4-2/h28-36,40-45H,3-27H2,1-2H3,(H,46,47)/p-1/t28-,29-,30-,31?,32+,33+,34+,35+,36+/m1/s1. The van der Waals surface area contributed by atoms with Crippen LogP contribution >= 0.6 is 0 Å². The van der Waals surface area contributed by atoms with E-state index in [4.69, 9.17) is 4.74 Å². The second-order valence-electron chi connectivity index (χ2n) is 14.5. The summed E-state index contributed by atoms with van der Waals surface area (Å²) in [5.74, 6) is 0. The number of likely N-dealkylation sites (tertiary alicyclic amines) is 2. The van der Waals surface area contributed by atoms with Crippen LogP contribution < -0.4 is 5.11 Å². The second-order valence-corrected chi connectivity index (χ2v) is 14.5. The van der Waals surface area contributed by atoms with E-state index in [1.165, 1.54) is 77.0 Å². The van der Waals surface area contributed by atoms with E-state index < -0.39 is 67.4 Å². The first-order valence-electron chi connectivity index (χ1n) is 19.6. The van der Waals surface area contributed by atoms with Crippen LogP contribution in [-0.2, 0) is 4.74 Å². The second kappa shape index (κ2) is 25.0. The zero-order chi connectivity index (χ0) is 35.3. The van der Waals surface area contributed by atoms with Crippen molar-refractivity contribution in [2.24, 2.45) is 0 Å². The lowest BCUT2D eigenvalue weighted by Crippen LogP contribution is -2.53. The Hall–Kier alpha value is -1.05. The van der Waals surface area contributed by atoms with Crippen molar-refractivity contribution in [2.45, 2.75) is 203 Å². The molecule has 0 bridgehead atoms. The summed E-state index contributed by atoms with van der Waals surface area (Å²) < 4.78 is 5.27. The minimum atomic E-state index is -1.79. The number of ether oxygens (including phenoxy) is 1. The van der Waals surface area contributed by atoms with Crippen LogP contribution in [-0.4, -0.2) is 128 Å². The van der Waals surface area contributed by atoms with Gasteiger partial charge >= 0.3 is 0 Å². The Morgan fingerprint density at radius 1 is 0.562 bits per heavy atom. The monoisotopic (exact) mass is 688 g/mol. The molecule has 0 spiro atoms. The number of aliphatic hydroxyl groups excluding tert-OH is 6. The molecule has 9 atom stereocenters. The van der Waals surface area contributed by atoms with Gasteiger partial charge in [0.15, 0.2) is 0 Å². The van der Waals surface area contributed by atoms with Gasteiger partial charge in [0.05, 0.1) is 61.9 Å². The minimum Gasteiger partial charge on any atom is -0.545 e. The predicted octanol–water partition coefficient (Wildman–Crippen LogP) is 3.48. The first kappa shape index (κ1) is 43.1. The molecule has 2 aliphatic rings. The molecule has 11 heteroatoms. The molecule has 6 N–H and O–H groups in total. The third-order valence-corrected chi connectivity index (χ3v) is 10.9. The zero-order valence-electron chi connectivity index (χ0n) is 30.2. The fourth-order valence-electron chi connectivity index (χ4n) is 8.10. The number of carboxylic acid groups (broad SMARTS) is 1. The molecule has 2 rings (SSSR count). The Morgan fingerprint density at radius 3 is 1.33 bits per heavy atom. The fourth-order valence-corrected chi connectivity index (χ4v) is 8.10. The molecular formula is C37H71N2O9-. The molecule has 0 radical (unpaired) electrons. The molecule has 0 aromatic heterocycles. The number of carbonyl (C=O) groups excluding carboxylic acids is 1. The van der Waals surface area contributed by atoms with Crippen LogP contribution in [0.3, 0.4) is 0 Å². The third kappa shape index (κ3) is 13.9. The van der Waals surface area contributed by atoms with Gasteiger partial charge in [-0.15, -0.1) is 0 Å². The van der Waals surface area contributed by atoms with Crippen LogP contribution in [0.1, 0.15) is 149 Å². The van der Waals surface area contributed by atoms with Gasteiger partial charge in [-0.25, -0.2) is 0 Å². The summed E-state index contributed by atoms with van der Waals surface area (Å²) in [6, 6.07) is -3.26. The smallest absolute Gasteiger partial charge is 0.252 e. The average Bonchev–Trinajstić information content (AvgIpc) is 3.44. The Morgan fingerprint density at radius 2 is 0.917 bits per heavy atom. The maximum atomic E-state index is 11.8. The van der Waals surface area contributed by atoms with Crippen molar-refractivity contribution < 1.29 is 45.3 Å². The van der Waals surface area contributed by atoms with E-state index in [-0.39, 0.29) is 13.0 Å². The molecule has 1 unspecified atom stereocenters. The van der Waals surface area contributed by atoms with Crippen LogP contribution in [0, 0.1) is 0 Å². The molecule has 0 aromatic rings. The molecule has 2 fully saturated rings. The SMILES string of the molecule is CCCCCCCCCCCCN1[C@H](CO)[C@H](O)[C@@H](O)[C@H]1CC(OC(=O)[O-])[C@H]1[C@H](O)[C@@H](O)[C@@H](CO)N1CCCCCCCCCCCC. The highest BCUT2D eigenvalue weighted by Gasteiger charge is 2.53. The summed E-state index contributed by atoms with van der Waals surface area (Å²) >= 11 is 0. The molecule has 0 amide bonds. The topological polar surface area (TPSA) is 177 Å². The Balaban J connectivity index is 2.03. The number of unbranched alkanes of at least 4 members (excludes halogenated alkanes) is 18. The van der Waals surface area contributed by atoms with E-state index in [9.17, 15) is 40.5 Å². The molecule has 2 heterocycles. The Bertz CT molecular complexity index is 824. The van der Waals surface area contributed by atoms with Gasteiger partial charge in [0.25, 0.3) is 6.16 Å². The maximum absolute atomic E-state index is 11.8. The summed E-state index contributed by atoms with van der Waals surface area (Å²) in [6.07, 6.45) is 14.5. The van der Waals surface area contributed by atoms with E-state index in [2.05, 4.69) is 13.8 Å². The van der Waals surface area contributed by atoms with Gasteiger partial charge in [0.1, 0.15) is 0 Å². The molecule has 2 saturated heterocycles. The Kier molecular flexibility index (Phi) is 22.4. The maximum Gasteiger partial charge on any atom is 0.252 e. The largest absolute Gasteiger partial charge is 0.545 e. The molecule has 0 aromatic carbocycles. The lowest BCUT2D eigenvalue weighted by Gasteiger charge is -2.40. The summed E-state index contributed by atoms with van der Waals surface area (Å²) in [7, 11) is 0. The van der Waals surface area contributed by atoms with Crippen LogP contribution in [0.4, 0.5) is 4.79 Å². The highest BCUT2D eigenvalue weighted by atomic mass is 16.7. The average molecular weight is 688 g/mol. The number of rotatable bonds is 28. The molecule has 11 nitrogen and oxygen atoms in total. The van der Waals surface area contributed by atoms with Crippen LogP contribution in [0.25, 0.3) is 0 Å². The van der Waals surface area contributed by atoms with E-state index in [1.807, 2.05) is 4.90 Å². The van der Waals surface area contributed by atoms with Crippen molar-refractivity contribution in [3.8, 4) is 0 Å². The highest BCUT2D eigenvalue weighted by Crippen LogP contribution is 2.35. The third-order valence-electron chi connectivity index (χ3n) is 10.9. The quantitative estimate of drug-likeness (QED) is 0.0524. The minimum absolute atomic E-state index is 0.0818. The van der Waals surface area contributed by atoms with E-state index in [1.54, 1.807) is 4.90 Å². The number of hydrogen-bond acceptors (Lipinski definition) is 11. The predicted molar refractivity (Wildman–Crippen MR) is 185 cm³/mol. The van der Waals surface area contributed by atoms with E-state index in [0.717, 1.165) is 51.4 Å². The summed E-state index contributed by atoms with van der Waals surface area (Å²) in [6.45, 7) is 4.54. The zero-order valence-corrected chi connectivity index (χ0v) is 30.2. The van der Waals surface area contributed by atoms with Crippen molar-refractivity contribution >= 4 is 6.16 Å².